The first-order chi connectivity index (χ1) is 8.93. The van der Waals surface area contributed by atoms with Crippen molar-refractivity contribution in [2.24, 2.45) is 11.8 Å². The van der Waals surface area contributed by atoms with Gasteiger partial charge in [0.2, 0.25) is 0 Å². The molecule has 2 aliphatic rings. The highest BCUT2D eigenvalue weighted by Crippen LogP contribution is 2.50. The van der Waals surface area contributed by atoms with Gasteiger partial charge in [0.1, 0.15) is 11.6 Å². The molecule has 0 aliphatic heterocycles. The van der Waals surface area contributed by atoms with Crippen LogP contribution in [0, 0.1) is 25.7 Å². The van der Waals surface area contributed by atoms with Gasteiger partial charge in [-0.15, -0.1) is 0 Å². The van der Waals surface area contributed by atoms with Crippen LogP contribution in [-0.4, -0.2) is 15.8 Å². The molecular formula is C16H22N2O. The highest BCUT2D eigenvalue weighted by Gasteiger charge is 2.49. The summed E-state index contributed by atoms with van der Waals surface area (Å²) in [6.45, 7) is 8.48. The fourth-order valence-corrected chi connectivity index (χ4v) is 4.24. The van der Waals surface area contributed by atoms with Crippen molar-refractivity contribution in [3.05, 3.63) is 22.8 Å². The van der Waals surface area contributed by atoms with E-state index in [0.717, 1.165) is 30.8 Å². The Bertz CT molecular complexity index is 552. The van der Waals surface area contributed by atoms with E-state index in [9.17, 15) is 4.79 Å². The molecule has 0 saturated heterocycles. The average molecular weight is 258 g/mol. The molecule has 3 nitrogen and oxygen atoms in total. The predicted molar refractivity (Wildman–Crippen MR) is 74.1 cm³/mol. The zero-order chi connectivity index (χ0) is 13.8. The highest BCUT2D eigenvalue weighted by atomic mass is 16.1. The van der Waals surface area contributed by atoms with Crippen LogP contribution in [0.15, 0.2) is 0 Å². The summed E-state index contributed by atoms with van der Waals surface area (Å²) in [6, 6.07) is 0. The van der Waals surface area contributed by atoms with Gasteiger partial charge >= 0.3 is 0 Å². The van der Waals surface area contributed by atoms with E-state index in [1.807, 2.05) is 6.92 Å². The van der Waals surface area contributed by atoms with Crippen molar-refractivity contribution in [2.45, 2.75) is 58.8 Å². The lowest BCUT2D eigenvalue weighted by molar-refractivity contribution is -0.128. The minimum Gasteiger partial charge on any atom is -0.299 e. The van der Waals surface area contributed by atoms with E-state index in [1.54, 1.807) is 0 Å². The number of fused-ring (bicyclic) bond motifs is 3. The number of carbonyl (C=O) groups is 1. The summed E-state index contributed by atoms with van der Waals surface area (Å²) in [6.07, 6.45) is 3.78. The number of rotatable bonds is 0. The number of carbonyl (C=O) groups excluding carboxylic acids is 1. The van der Waals surface area contributed by atoms with Gasteiger partial charge < -0.3 is 0 Å². The Kier molecular flexibility index (Phi) is 2.77. The Morgan fingerprint density at radius 3 is 2.68 bits per heavy atom. The van der Waals surface area contributed by atoms with Crippen LogP contribution >= 0.6 is 0 Å². The van der Waals surface area contributed by atoms with Crippen molar-refractivity contribution in [3.63, 3.8) is 0 Å². The largest absolute Gasteiger partial charge is 0.299 e. The molecule has 3 rings (SSSR count). The molecule has 1 fully saturated rings. The first-order valence-electron chi connectivity index (χ1n) is 7.31. The Labute approximate surface area is 114 Å². The third kappa shape index (κ3) is 1.74. The maximum atomic E-state index is 12.0. The Balaban J connectivity index is 2.15. The number of aromatic nitrogens is 2. The molecule has 1 heterocycles. The summed E-state index contributed by atoms with van der Waals surface area (Å²) in [5, 5.41) is 0. The van der Waals surface area contributed by atoms with E-state index in [1.165, 1.54) is 11.3 Å². The lowest BCUT2D eigenvalue weighted by atomic mass is 9.56. The van der Waals surface area contributed by atoms with E-state index in [2.05, 4.69) is 25.8 Å². The van der Waals surface area contributed by atoms with Gasteiger partial charge in [0.25, 0.3) is 0 Å². The van der Waals surface area contributed by atoms with Crippen molar-refractivity contribution >= 4 is 5.78 Å². The van der Waals surface area contributed by atoms with Crippen LogP contribution in [0.5, 0.6) is 0 Å². The zero-order valence-corrected chi connectivity index (χ0v) is 12.3. The lowest BCUT2D eigenvalue weighted by Gasteiger charge is -2.48. The van der Waals surface area contributed by atoms with Gasteiger partial charge in [-0.3, -0.25) is 4.79 Å². The smallest absolute Gasteiger partial charge is 0.136 e. The number of hydrogen-bond acceptors (Lipinski definition) is 3. The lowest BCUT2D eigenvalue weighted by Crippen LogP contribution is -2.47. The average Bonchev–Trinajstić information content (AvgIpc) is 2.35. The molecule has 0 aromatic carbocycles. The van der Waals surface area contributed by atoms with Crippen LogP contribution in [0.3, 0.4) is 0 Å². The molecule has 0 bridgehead atoms. The third-order valence-corrected chi connectivity index (χ3v) is 5.39. The van der Waals surface area contributed by atoms with E-state index in [0.29, 0.717) is 18.1 Å². The molecule has 0 spiro atoms. The number of nitrogens with zero attached hydrogens (tertiary/aromatic N) is 2. The molecule has 1 saturated carbocycles. The SMILES string of the molecule is Cc1nc(C)c2c(n1)[C@@]1(C)CCC(=O)[C@@H](C)[C@@H]1CC2. The van der Waals surface area contributed by atoms with Crippen molar-refractivity contribution in [2.75, 3.05) is 0 Å². The number of aryl methyl sites for hydroxylation is 2. The summed E-state index contributed by atoms with van der Waals surface area (Å²) < 4.78 is 0. The minimum atomic E-state index is 0.0688. The minimum absolute atomic E-state index is 0.0688. The van der Waals surface area contributed by atoms with Gasteiger partial charge in [0.15, 0.2) is 0 Å². The fraction of sp³-hybridized carbons (Fsp3) is 0.688. The van der Waals surface area contributed by atoms with Gasteiger partial charge in [-0.25, -0.2) is 9.97 Å². The molecule has 3 atom stereocenters. The topological polar surface area (TPSA) is 42.9 Å². The molecule has 1 aromatic heterocycles. The van der Waals surface area contributed by atoms with E-state index < -0.39 is 0 Å². The maximum absolute atomic E-state index is 12.0. The van der Waals surface area contributed by atoms with E-state index >= 15 is 0 Å². The number of Topliss-reactive ketones (excluding diaryl/α,β-unsaturated/α-hetero) is 1. The molecular weight excluding hydrogens is 236 g/mol. The standard InChI is InChI=1S/C16H22N2O/c1-9-13-6-5-12-10(2)17-11(3)18-15(12)16(13,4)8-7-14(9)19/h9,13H,5-8H2,1-4H3/t9-,13-,16-/m0/s1. The molecule has 19 heavy (non-hydrogen) atoms. The first-order valence-corrected chi connectivity index (χ1v) is 7.31. The molecule has 0 N–H and O–H groups in total. The molecule has 3 heteroatoms. The maximum Gasteiger partial charge on any atom is 0.136 e. The summed E-state index contributed by atoms with van der Waals surface area (Å²) in [5.41, 5.74) is 3.77. The first kappa shape index (κ1) is 12.8. The predicted octanol–water partition coefficient (Wildman–Crippen LogP) is 2.91. The fourth-order valence-electron chi connectivity index (χ4n) is 4.24. The molecule has 102 valence electrons. The summed E-state index contributed by atoms with van der Waals surface area (Å²) in [4.78, 5) is 21.3. The van der Waals surface area contributed by atoms with E-state index in [4.69, 9.17) is 4.98 Å². The summed E-state index contributed by atoms with van der Waals surface area (Å²) >= 11 is 0. The van der Waals surface area contributed by atoms with Crippen molar-refractivity contribution < 1.29 is 4.79 Å². The second-order valence-corrected chi connectivity index (χ2v) is 6.50. The van der Waals surface area contributed by atoms with Crippen molar-refractivity contribution in [1.29, 1.82) is 0 Å². The normalized spacial score (nSPS) is 33.8. The zero-order valence-electron chi connectivity index (χ0n) is 12.3. The molecule has 0 unspecified atom stereocenters. The Morgan fingerprint density at radius 2 is 1.95 bits per heavy atom. The molecule has 0 amide bonds. The number of ketones is 1. The van der Waals surface area contributed by atoms with Crippen LogP contribution < -0.4 is 0 Å². The Morgan fingerprint density at radius 1 is 1.21 bits per heavy atom. The van der Waals surface area contributed by atoms with Crippen LogP contribution in [0.25, 0.3) is 0 Å². The summed E-state index contributed by atoms with van der Waals surface area (Å²) in [7, 11) is 0. The van der Waals surface area contributed by atoms with Crippen LogP contribution in [0.2, 0.25) is 0 Å². The van der Waals surface area contributed by atoms with Gasteiger partial charge in [0.05, 0.1) is 5.69 Å². The second kappa shape index (κ2) is 4.12. The van der Waals surface area contributed by atoms with Crippen LogP contribution in [-0.2, 0) is 16.6 Å². The van der Waals surface area contributed by atoms with Crippen LogP contribution in [0.4, 0.5) is 0 Å². The summed E-state index contributed by atoms with van der Waals surface area (Å²) in [5.74, 6) is 1.94. The molecule has 2 aliphatic carbocycles. The van der Waals surface area contributed by atoms with E-state index in [-0.39, 0.29) is 11.3 Å². The molecule has 0 radical (unpaired) electrons. The Hall–Kier alpha value is -1.25. The monoisotopic (exact) mass is 258 g/mol. The van der Waals surface area contributed by atoms with Crippen molar-refractivity contribution in [3.8, 4) is 0 Å². The molecule has 1 aromatic rings. The number of hydrogen-bond donors (Lipinski definition) is 0. The van der Waals surface area contributed by atoms with Gasteiger partial charge in [-0.05, 0) is 44.6 Å². The highest BCUT2D eigenvalue weighted by molar-refractivity contribution is 5.82. The quantitative estimate of drug-likeness (QED) is 0.718. The van der Waals surface area contributed by atoms with Gasteiger partial charge in [0, 0.05) is 23.4 Å². The van der Waals surface area contributed by atoms with Gasteiger partial charge in [-0.1, -0.05) is 13.8 Å². The van der Waals surface area contributed by atoms with Crippen LogP contribution in [0.1, 0.15) is 55.9 Å². The third-order valence-electron chi connectivity index (χ3n) is 5.39. The van der Waals surface area contributed by atoms with Crippen molar-refractivity contribution in [1.82, 2.24) is 9.97 Å². The van der Waals surface area contributed by atoms with Gasteiger partial charge in [-0.2, -0.15) is 0 Å². The second-order valence-electron chi connectivity index (χ2n) is 6.50.